The van der Waals surface area contributed by atoms with Gasteiger partial charge in [0.1, 0.15) is 5.75 Å². The highest BCUT2D eigenvalue weighted by Crippen LogP contribution is 2.32. The van der Waals surface area contributed by atoms with Crippen molar-refractivity contribution >= 4 is 0 Å². The Morgan fingerprint density at radius 3 is 2.44 bits per heavy atom. The van der Waals surface area contributed by atoms with E-state index in [0.717, 1.165) is 11.8 Å². The third-order valence-electron chi connectivity index (χ3n) is 3.34. The molecule has 2 N–H and O–H groups in total. The molecule has 0 aromatic heterocycles. The summed E-state index contributed by atoms with van der Waals surface area (Å²) in [4.78, 5) is 2.39. The molecule has 0 spiro atoms. The lowest BCUT2D eigenvalue weighted by atomic mass is 10.1. The lowest BCUT2D eigenvalue weighted by Crippen LogP contribution is -2.32. The van der Waals surface area contributed by atoms with E-state index in [4.69, 9.17) is 10.5 Å². The normalized spacial score (nSPS) is 17.5. The van der Waals surface area contributed by atoms with Crippen molar-refractivity contribution in [2.45, 2.75) is 24.9 Å². The smallest absolute Gasteiger partial charge is 0.118 e. The number of hydrogen-bond donors (Lipinski definition) is 1. The maximum Gasteiger partial charge on any atom is 0.118 e. The molecule has 1 aromatic rings. The Kier molecular flexibility index (Phi) is 3.46. The van der Waals surface area contributed by atoms with Gasteiger partial charge >= 0.3 is 0 Å². The first-order valence-corrected chi connectivity index (χ1v) is 5.82. The zero-order valence-corrected chi connectivity index (χ0v) is 10.0. The van der Waals surface area contributed by atoms with Gasteiger partial charge < -0.3 is 10.5 Å². The zero-order chi connectivity index (χ0) is 11.5. The van der Waals surface area contributed by atoms with E-state index in [0.29, 0.717) is 12.6 Å². The minimum absolute atomic E-state index is 0.332. The maximum atomic E-state index is 5.87. The molecule has 1 unspecified atom stereocenters. The highest BCUT2D eigenvalue weighted by Gasteiger charge is 2.30. The molecular formula is C13H20N2O. The molecule has 0 amide bonds. The number of methoxy groups -OCH3 is 1. The maximum absolute atomic E-state index is 5.87. The van der Waals surface area contributed by atoms with Crippen LogP contribution in [0.5, 0.6) is 5.75 Å². The number of likely N-dealkylation sites (N-methyl/N-ethyl adjacent to an activating group) is 1. The van der Waals surface area contributed by atoms with Crippen molar-refractivity contribution in [3.63, 3.8) is 0 Å². The number of nitrogens with two attached hydrogens (primary N) is 1. The van der Waals surface area contributed by atoms with Crippen LogP contribution in [0, 0.1) is 0 Å². The standard InChI is InChI=1S/C13H20N2O/c1-15(11-5-6-11)13(9-14)10-3-7-12(16-2)8-4-10/h3-4,7-8,11,13H,5-6,9,14H2,1-2H3. The topological polar surface area (TPSA) is 38.5 Å². The van der Waals surface area contributed by atoms with E-state index in [1.54, 1.807) is 7.11 Å². The van der Waals surface area contributed by atoms with E-state index >= 15 is 0 Å². The molecule has 0 radical (unpaired) electrons. The largest absolute Gasteiger partial charge is 0.497 e. The Morgan fingerprint density at radius 1 is 1.38 bits per heavy atom. The number of ether oxygens (including phenoxy) is 1. The van der Waals surface area contributed by atoms with Crippen molar-refractivity contribution in [3.05, 3.63) is 29.8 Å². The van der Waals surface area contributed by atoms with Gasteiger partial charge in [0.15, 0.2) is 0 Å². The van der Waals surface area contributed by atoms with E-state index in [-0.39, 0.29) is 0 Å². The Balaban J connectivity index is 2.12. The molecule has 0 aliphatic heterocycles. The molecule has 1 aliphatic rings. The molecule has 3 nitrogen and oxygen atoms in total. The number of nitrogens with zero attached hydrogens (tertiary/aromatic N) is 1. The first-order chi connectivity index (χ1) is 7.76. The molecule has 1 atom stereocenters. The van der Waals surface area contributed by atoms with Gasteiger partial charge in [-0.1, -0.05) is 12.1 Å². The van der Waals surface area contributed by atoms with Crippen LogP contribution in [0.3, 0.4) is 0 Å². The number of benzene rings is 1. The highest BCUT2D eigenvalue weighted by molar-refractivity contribution is 5.29. The van der Waals surface area contributed by atoms with Gasteiger partial charge in [0.05, 0.1) is 7.11 Å². The van der Waals surface area contributed by atoms with Gasteiger partial charge in [-0.25, -0.2) is 0 Å². The summed E-state index contributed by atoms with van der Waals surface area (Å²) < 4.78 is 5.16. The molecule has 16 heavy (non-hydrogen) atoms. The molecule has 1 aliphatic carbocycles. The summed E-state index contributed by atoms with van der Waals surface area (Å²) in [6, 6.07) is 9.27. The molecule has 1 saturated carbocycles. The number of rotatable bonds is 5. The fourth-order valence-electron chi connectivity index (χ4n) is 2.10. The number of hydrogen-bond acceptors (Lipinski definition) is 3. The second kappa shape index (κ2) is 4.85. The molecule has 88 valence electrons. The first kappa shape index (κ1) is 11.4. The highest BCUT2D eigenvalue weighted by atomic mass is 16.5. The van der Waals surface area contributed by atoms with E-state index in [1.165, 1.54) is 18.4 Å². The van der Waals surface area contributed by atoms with Gasteiger partial charge in [0, 0.05) is 18.6 Å². The molecule has 1 aromatic carbocycles. The van der Waals surface area contributed by atoms with Crippen LogP contribution in [0.25, 0.3) is 0 Å². The van der Waals surface area contributed by atoms with Crippen LogP contribution >= 0.6 is 0 Å². The van der Waals surface area contributed by atoms with Gasteiger partial charge in [-0.05, 0) is 37.6 Å². The minimum Gasteiger partial charge on any atom is -0.497 e. The Hall–Kier alpha value is -1.06. The van der Waals surface area contributed by atoms with E-state index < -0.39 is 0 Å². The van der Waals surface area contributed by atoms with Crippen LogP contribution in [-0.4, -0.2) is 31.6 Å². The lowest BCUT2D eigenvalue weighted by Gasteiger charge is -2.27. The SMILES string of the molecule is COc1ccc(C(CN)N(C)C2CC2)cc1. The van der Waals surface area contributed by atoms with Crippen LogP contribution in [-0.2, 0) is 0 Å². The average molecular weight is 220 g/mol. The van der Waals surface area contributed by atoms with E-state index in [1.807, 2.05) is 12.1 Å². The van der Waals surface area contributed by atoms with Gasteiger partial charge in [-0.15, -0.1) is 0 Å². The zero-order valence-electron chi connectivity index (χ0n) is 10.0. The predicted molar refractivity (Wildman–Crippen MR) is 65.6 cm³/mol. The van der Waals surface area contributed by atoms with Gasteiger partial charge in [-0.2, -0.15) is 0 Å². The summed E-state index contributed by atoms with van der Waals surface area (Å²) in [6.07, 6.45) is 2.62. The van der Waals surface area contributed by atoms with Crippen LogP contribution < -0.4 is 10.5 Å². The monoisotopic (exact) mass is 220 g/mol. The van der Waals surface area contributed by atoms with Crippen molar-refractivity contribution in [1.29, 1.82) is 0 Å². The summed E-state index contributed by atoms with van der Waals surface area (Å²) in [6.45, 7) is 0.666. The lowest BCUT2D eigenvalue weighted by molar-refractivity contribution is 0.240. The quantitative estimate of drug-likeness (QED) is 0.822. The van der Waals surface area contributed by atoms with Crippen LogP contribution in [0.1, 0.15) is 24.4 Å². The van der Waals surface area contributed by atoms with Gasteiger partial charge in [0.25, 0.3) is 0 Å². The summed E-state index contributed by atoms with van der Waals surface area (Å²) in [7, 11) is 3.85. The third kappa shape index (κ3) is 2.36. The Labute approximate surface area is 97.2 Å². The van der Waals surface area contributed by atoms with Crippen LogP contribution in [0.2, 0.25) is 0 Å². The molecular weight excluding hydrogens is 200 g/mol. The molecule has 1 fully saturated rings. The molecule has 3 heteroatoms. The first-order valence-electron chi connectivity index (χ1n) is 5.82. The van der Waals surface area contributed by atoms with Crippen molar-refractivity contribution in [1.82, 2.24) is 4.90 Å². The fraction of sp³-hybridized carbons (Fsp3) is 0.538. The Bertz CT molecular complexity index is 332. The molecule has 2 rings (SSSR count). The summed E-state index contributed by atoms with van der Waals surface area (Å²) in [5.74, 6) is 0.897. The van der Waals surface area contributed by atoms with Crippen molar-refractivity contribution in [2.75, 3.05) is 20.7 Å². The molecule has 0 heterocycles. The van der Waals surface area contributed by atoms with Gasteiger partial charge in [0.2, 0.25) is 0 Å². The molecule has 0 bridgehead atoms. The van der Waals surface area contributed by atoms with E-state index in [2.05, 4.69) is 24.1 Å². The average Bonchev–Trinajstić information content (AvgIpc) is 3.14. The van der Waals surface area contributed by atoms with Crippen LogP contribution in [0.4, 0.5) is 0 Å². The van der Waals surface area contributed by atoms with Crippen molar-refractivity contribution < 1.29 is 4.74 Å². The Morgan fingerprint density at radius 2 is 2.00 bits per heavy atom. The van der Waals surface area contributed by atoms with Crippen molar-refractivity contribution in [3.8, 4) is 5.75 Å². The predicted octanol–water partition coefficient (Wildman–Crippen LogP) is 1.79. The minimum atomic E-state index is 0.332. The second-order valence-corrected chi connectivity index (χ2v) is 4.42. The summed E-state index contributed by atoms with van der Waals surface area (Å²) in [5.41, 5.74) is 7.14. The van der Waals surface area contributed by atoms with Gasteiger partial charge in [-0.3, -0.25) is 4.90 Å². The fourth-order valence-corrected chi connectivity index (χ4v) is 2.10. The van der Waals surface area contributed by atoms with Crippen LogP contribution in [0.15, 0.2) is 24.3 Å². The summed E-state index contributed by atoms with van der Waals surface area (Å²) >= 11 is 0. The summed E-state index contributed by atoms with van der Waals surface area (Å²) in [5, 5.41) is 0. The van der Waals surface area contributed by atoms with Crippen molar-refractivity contribution in [2.24, 2.45) is 5.73 Å². The molecule has 0 saturated heterocycles. The third-order valence-corrected chi connectivity index (χ3v) is 3.34. The second-order valence-electron chi connectivity index (χ2n) is 4.42. The van der Waals surface area contributed by atoms with E-state index in [9.17, 15) is 0 Å².